The van der Waals surface area contributed by atoms with Gasteiger partial charge < -0.3 is 4.74 Å². The van der Waals surface area contributed by atoms with Crippen LogP contribution in [0.5, 0.6) is 5.75 Å². The molecule has 0 bridgehead atoms. The number of ketones is 1. The number of sulfonamides is 1. The fourth-order valence-corrected chi connectivity index (χ4v) is 3.85. The van der Waals surface area contributed by atoms with Gasteiger partial charge in [0.1, 0.15) is 5.75 Å². The van der Waals surface area contributed by atoms with Crippen molar-refractivity contribution in [3.8, 4) is 5.75 Å². The van der Waals surface area contributed by atoms with Crippen molar-refractivity contribution in [3.05, 3.63) is 49.1 Å². The first-order valence-electron chi connectivity index (χ1n) is 6.99. The van der Waals surface area contributed by atoms with Gasteiger partial charge in [0.15, 0.2) is 6.61 Å². The molecule has 136 valence electrons. The maximum Gasteiger partial charge on any atom is 0.210 e. The molecule has 5 nitrogen and oxygen atoms in total. The number of thiophene rings is 1. The molecule has 0 saturated carbocycles. The lowest BCUT2D eigenvalue weighted by Crippen LogP contribution is -2.24. The molecule has 0 amide bonds. The summed E-state index contributed by atoms with van der Waals surface area (Å²) in [6.45, 7) is 0.0849. The number of carbonyl (C=O) groups is 1. The number of benzene rings is 1. The van der Waals surface area contributed by atoms with Crippen LogP contribution in [0.3, 0.4) is 0 Å². The van der Waals surface area contributed by atoms with E-state index in [-0.39, 0.29) is 34.7 Å². The molecular weight excluding hydrogens is 429 g/mol. The number of rotatable bonds is 8. The SMILES string of the molecule is CS(=O)(=O)NCCc1ccc(C(=O)COc2cc(Cl)c(Cl)cc2Cl)s1. The van der Waals surface area contributed by atoms with Crippen LogP contribution in [0, 0.1) is 0 Å². The lowest BCUT2D eigenvalue weighted by atomic mass is 10.3. The van der Waals surface area contributed by atoms with E-state index in [1.165, 1.54) is 23.5 Å². The molecule has 1 aromatic carbocycles. The first-order valence-corrected chi connectivity index (χ1v) is 10.8. The molecule has 0 spiro atoms. The standard InChI is InChI=1S/C15H14Cl3NO4S2/c1-25(21,22)19-5-4-9-2-3-15(24-9)13(20)8-23-14-7-11(17)10(16)6-12(14)18/h2-3,6-7,19H,4-5,8H2,1H3. The second-order valence-corrected chi connectivity index (χ2v) is 9.31. The van der Waals surface area contributed by atoms with Gasteiger partial charge in [0.25, 0.3) is 0 Å². The average Bonchev–Trinajstić information content (AvgIpc) is 2.97. The Bertz CT molecular complexity index is 881. The number of Topliss-reactive ketones (excluding diaryl/α,β-unsaturated/α-hetero) is 1. The predicted octanol–water partition coefficient (Wildman–Crippen LogP) is 4.06. The van der Waals surface area contributed by atoms with Crippen LogP contribution in [0.2, 0.25) is 15.1 Å². The van der Waals surface area contributed by atoms with Crippen LogP contribution in [0.25, 0.3) is 0 Å². The first-order chi connectivity index (χ1) is 11.7. The zero-order chi connectivity index (χ0) is 18.6. The number of halogens is 3. The van der Waals surface area contributed by atoms with Gasteiger partial charge in [-0.25, -0.2) is 13.1 Å². The molecule has 25 heavy (non-hydrogen) atoms. The normalized spacial score (nSPS) is 11.5. The highest BCUT2D eigenvalue weighted by molar-refractivity contribution is 7.88. The second-order valence-electron chi connectivity index (χ2n) is 5.09. The van der Waals surface area contributed by atoms with E-state index < -0.39 is 10.0 Å². The molecule has 2 aromatic rings. The maximum absolute atomic E-state index is 12.2. The number of nitrogens with one attached hydrogen (secondary N) is 1. The van der Waals surface area contributed by atoms with Crippen LogP contribution >= 0.6 is 46.1 Å². The van der Waals surface area contributed by atoms with Crippen LogP contribution in [-0.4, -0.2) is 33.6 Å². The molecule has 0 aliphatic rings. The van der Waals surface area contributed by atoms with Crippen molar-refractivity contribution in [2.24, 2.45) is 0 Å². The van der Waals surface area contributed by atoms with Crippen LogP contribution in [0.15, 0.2) is 24.3 Å². The minimum Gasteiger partial charge on any atom is -0.484 e. The summed E-state index contributed by atoms with van der Waals surface area (Å²) < 4.78 is 29.9. The van der Waals surface area contributed by atoms with Gasteiger partial charge >= 0.3 is 0 Å². The van der Waals surface area contributed by atoms with E-state index in [4.69, 9.17) is 39.5 Å². The van der Waals surface area contributed by atoms with Crippen molar-refractivity contribution in [1.29, 1.82) is 0 Å². The molecule has 0 radical (unpaired) electrons. The van der Waals surface area contributed by atoms with Crippen molar-refractivity contribution < 1.29 is 17.9 Å². The molecule has 10 heteroatoms. The summed E-state index contributed by atoms with van der Waals surface area (Å²) in [7, 11) is -3.22. The highest BCUT2D eigenvalue weighted by atomic mass is 35.5. The summed E-state index contributed by atoms with van der Waals surface area (Å²) in [4.78, 5) is 13.6. The third kappa shape index (κ3) is 6.44. The molecule has 1 heterocycles. The topological polar surface area (TPSA) is 72.5 Å². The van der Waals surface area contributed by atoms with Gasteiger partial charge in [0.05, 0.1) is 26.2 Å². The molecule has 1 aromatic heterocycles. The Balaban J connectivity index is 1.92. The highest BCUT2D eigenvalue weighted by Gasteiger charge is 2.13. The van der Waals surface area contributed by atoms with Crippen LogP contribution in [0.4, 0.5) is 0 Å². The van der Waals surface area contributed by atoms with Crippen molar-refractivity contribution >= 4 is 61.9 Å². The first kappa shape index (κ1) is 20.5. The highest BCUT2D eigenvalue weighted by Crippen LogP contribution is 2.34. The van der Waals surface area contributed by atoms with E-state index >= 15 is 0 Å². The molecule has 0 saturated heterocycles. The summed E-state index contributed by atoms with van der Waals surface area (Å²) >= 11 is 19.0. The van der Waals surface area contributed by atoms with Gasteiger partial charge in [0.2, 0.25) is 15.8 Å². The van der Waals surface area contributed by atoms with Gasteiger partial charge in [-0.3, -0.25) is 4.79 Å². The Hall–Kier alpha value is -0.830. The Morgan fingerprint density at radius 3 is 2.52 bits per heavy atom. The Morgan fingerprint density at radius 2 is 1.84 bits per heavy atom. The fraction of sp³-hybridized carbons (Fsp3) is 0.267. The lowest BCUT2D eigenvalue weighted by molar-refractivity contribution is 0.0925. The van der Waals surface area contributed by atoms with Gasteiger partial charge in [-0.15, -0.1) is 11.3 Å². The molecule has 2 rings (SSSR count). The average molecular weight is 443 g/mol. The minimum atomic E-state index is -3.22. The third-order valence-corrected chi connectivity index (χ3v) is 5.94. The Kier molecular flexibility index (Phi) is 7.13. The van der Waals surface area contributed by atoms with Crippen LogP contribution in [-0.2, 0) is 16.4 Å². The number of hydrogen-bond acceptors (Lipinski definition) is 5. The smallest absolute Gasteiger partial charge is 0.210 e. The van der Waals surface area contributed by atoms with Gasteiger partial charge in [-0.2, -0.15) is 0 Å². The van der Waals surface area contributed by atoms with Crippen molar-refractivity contribution in [2.75, 3.05) is 19.4 Å². The van der Waals surface area contributed by atoms with Crippen molar-refractivity contribution in [3.63, 3.8) is 0 Å². The monoisotopic (exact) mass is 441 g/mol. The van der Waals surface area contributed by atoms with E-state index in [0.717, 1.165) is 11.1 Å². The third-order valence-electron chi connectivity index (χ3n) is 3.01. The molecule has 0 fully saturated rings. The summed E-state index contributed by atoms with van der Waals surface area (Å²) in [6.07, 6.45) is 1.60. The van der Waals surface area contributed by atoms with Gasteiger partial charge in [-0.05, 0) is 24.6 Å². The molecule has 0 unspecified atom stereocenters. The number of hydrogen-bond donors (Lipinski definition) is 1. The molecular formula is C15H14Cl3NO4S2. The van der Waals surface area contributed by atoms with Gasteiger partial charge in [-0.1, -0.05) is 34.8 Å². The lowest BCUT2D eigenvalue weighted by Gasteiger charge is -2.08. The summed E-state index contributed by atoms with van der Waals surface area (Å²) in [5.74, 6) is 0.0630. The zero-order valence-corrected chi connectivity index (χ0v) is 16.9. The quantitative estimate of drug-likeness (QED) is 0.494. The second kappa shape index (κ2) is 8.70. The minimum absolute atomic E-state index is 0.195. The number of ether oxygens (including phenoxy) is 1. The van der Waals surface area contributed by atoms with Crippen molar-refractivity contribution in [1.82, 2.24) is 4.72 Å². The fourth-order valence-electron chi connectivity index (χ4n) is 1.85. The van der Waals surface area contributed by atoms with Crippen molar-refractivity contribution in [2.45, 2.75) is 6.42 Å². The van der Waals surface area contributed by atoms with E-state index in [9.17, 15) is 13.2 Å². The van der Waals surface area contributed by atoms with Gasteiger partial charge in [0, 0.05) is 17.5 Å². The maximum atomic E-state index is 12.2. The summed E-state index contributed by atoms with van der Waals surface area (Å²) in [5.41, 5.74) is 0. The largest absolute Gasteiger partial charge is 0.484 e. The van der Waals surface area contributed by atoms with Crippen LogP contribution < -0.4 is 9.46 Å². The van der Waals surface area contributed by atoms with E-state index in [1.54, 1.807) is 12.1 Å². The molecule has 0 aliphatic carbocycles. The molecule has 0 aliphatic heterocycles. The molecule has 0 atom stereocenters. The Morgan fingerprint density at radius 1 is 1.16 bits per heavy atom. The summed E-state index contributed by atoms with van der Waals surface area (Å²) in [5, 5.41) is 0.849. The number of carbonyl (C=O) groups excluding carboxylic acids is 1. The van der Waals surface area contributed by atoms with Crippen LogP contribution in [0.1, 0.15) is 14.5 Å². The van der Waals surface area contributed by atoms with E-state index in [2.05, 4.69) is 4.72 Å². The Labute approximate surface area is 164 Å². The van der Waals surface area contributed by atoms with E-state index in [1.807, 2.05) is 0 Å². The zero-order valence-electron chi connectivity index (χ0n) is 13.0. The predicted molar refractivity (Wildman–Crippen MR) is 102 cm³/mol. The molecule has 1 N–H and O–H groups in total. The summed E-state index contributed by atoms with van der Waals surface area (Å²) in [6, 6.07) is 6.37. The van der Waals surface area contributed by atoms with E-state index in [0.29, 0.717) is 16.3 Å².